The zero-order chi connectivity index (χ0) is 11.3. The third kappa shape index (κ3) is 3.09. The summed E-state index contributed by atoms with van der Waals surface area (Å²) in [6.45, 7) is 1.61. The number of ether oxygens (including phenoxy) is 2. The Labute approximate surface area is 87.8 Å². The van der Waals surface area contributed by atoms with E-state index in [2.05, 4.69) is 0 Å². The average Bonchev–Trinajstić information content (AvgIpc) is 2.29. The smallest absolute Gasteiger partial charge is 0.379 e. The molecule has 0 amide bonds. The van der Waals surface area contributed by atoms with Gasteiger partial charge in [-0.05, 0) is 24.3 Å². The van der Waals surface area contributed by atoms with Crippen molar-refractivity contribution in [2.24, 2.45) is 0 Å². The van der Waals surface area contributed by atoms with E-state index < -0.39 is 11.8 Å². The molecule has 15 heavy (non-hydrogen) atoms. The molecule has 0 aliphatic rings. The highest BCUT2D eigenvalue weighted by Crippen LogP contribution is 2.17. The van der Waals surface area contributed by atoms with Crippen molar-refractivity contribution in [3.05, 3.63) is 24.3 Å². The SMILES string of the molecule is CCC(=O)C(=O)Oc1ccc(OC)cc1. The Balaban J connectivity index is 2.65. The predicted molar refractivity (Wildman–Crippen MR) is 53.9 cm³/mol. The van der Waals surface area contributed by atoms with Gasteiger partial charge in [0.1, 0.15) is 11.5 Å². The molecule has 0 saturated carbocycles. The maximum atomic E-state index is 11.1. The molecule has 1 aromatic rings. The minimum absolute atomic E-state index is 0.148. The van der Waals surface area contributed by atoms with Crippen LogP contribution in [-0.2, 0) is 9.59 Å². The van der Waals surface area contributed by atoms with Gasteiger partial charge < -0.3 is 9.47 Å². The van der Waals surface area contributed by atoms with Gasteiger partial charge in [-0.25, -0.2) is 4.79 Å². The van der Waals surface area contributed by atoms with Crippen LogP contribution in [0.5, 0.6) is 11.5 Å². The van der Waals surface area contributed by atoms with E-state index in [0.29, 0.717) is 11.5 Å². The summed E-state index contributed by atoms with van der Waals surface area (Å²) in [5.41, 5.74) is 0. The monoisotopic (exact) mass is 208 g/mol. The molecule has 0 bridgehead atoms. The number of esters is 1. The Morgan fingerprint density at radius 3 is 2.13 bits per heavy atom. The van der Waals surface area contributed by atoms with Crippen LogP contribution in [0.1, 0.15) is 13.3 Å². The van der Waals surface area contributed by atoms with Crippen molar-refractivity contribution in [2.75, 3.05) is 7.11 Å². The van der Waals surface area contributed by atoms with Gasteiger partial charge in [0.2, 0.25) is 5.78 Å². The van der Waals surface area contributed by atoms with Gasteiger partial charge in [0.05, 0.1) is 7.11 Å². The van der Waals surface area contributed by atoms with E-state index in [1.54, 1.807) is 38.3 Å². The van der Waals surface area contributed by atoms with Gasteiger partial charge in [-0.3, -0.25) is 4.79 Å². The number of carbonyl (C=O) groups is 2. The van der Waals surface area contributed by atoms with E-state index in [-0.39, 0.29) is 6.42 Å². The maximum absolute atomic E-state index is 11.1. The summed E-state index contributed by atoms with van der Waals surface area (Å²) in [6, 6.07) is 6.44. The molecule has 0 N–H and O–H groups in total. The molecule has 0 unspecified atom stereocenters. The Morgan fingerprint density at radius 1 is 1.13 bits per heavy atom. The first kappa shape index (κ1) is 11.2. The van der Waals surface area contributed by atoms with Crippen LogP contribution in [0.25, 0.3) is 0 Å². The van der Waals surface area contributed by atoms with Crippen LogP contribution in [0.2, 0.25) is 0 Å². The molecule has 0 aromatic heterocycles. The maximum Gasteiger partial charge on any atom is 0.379 e. The number of methoxy groups -OCH3 is 1. The average molecular weight is 208 g/mol. The van der Waals surface area contributed by atoms with Crippen LogP contribution in [0.4, 0.5) is 0 Å². The molecule has 0 fully saturated rings. The number of hydrogen-bond acceptors (Lipinski definition) is 4. The van der Waals surface area contributed by atoms with Crippen molar-refractivity contribution in [1.82, 2.24) is 0 Å². The molecule has 0 heterocycles. The molecule has 80 valence electrons. The van der Waals surface area contributed by atoms with E-state index in [0.717, 1.165) is 0 Å². The molecular formula is C11H12O4. The summed E-state index contributed by atoms with van der Waals surface area (Å²) in [5, 5.41) is 0. The Morgan fingerprint density at radius 2 is 1.67 bits per heavy atom. The van der Waals surface area contributed by atoms with E-state index in [1.165, 1.54) is 0 Å². The zero-order valence-electron chi connectivity index (χ0n) is 8.65. The van der Waals surface area contributed by atoms with E-state index in [4.69, 9.17) is 9.47 Å². The Bertz CT molecular complexity index is 353. The van der Waals surface area contributed by atoms with Crippen LogP contribution in [-0.4, -0.2) is 18.9 Å². The lowest BCUT2D eigenvalue weighted by Gasteiger charge is -2.03. The summed E-state index contributed by atoms with van der Waals surface area (Å²) in [5.74, 6) is -0.368. The molecule has 4 heteroatoms. The minimum atomic E-state index is -0.831. The van der Waals surface area contributed by atoms with E-state index >= 15 is 0 Å². The molecule has 1 rings (SSSR count). The Hall–Kier alpha value is -1.84. The van der Waals surface area contributed by atoms with Crippen molar-refractivity contribution >= 4 is 11.8 Å². The molecule has 1 aromatic carbocycles. The second-order valence-corrected chi connectivity index (χ2v) is 2.84. The zero-order valence-corrected chi connectivity index (χ0v) is 8.65. The third-order valence-corrected chi connectivity index (χ3v) is 1.82. The van der Waals surface area contributed by atoms with Crippen LogP contribution in [0, 0.1) is 0 Å². The normalized spacial score (nSPS) is 9.47. The number of ketones is 1. The van der Waals surface area contributed by atoms with Crippen molar-refractivity contribution in [1.29, 1.82) is 0 Å². The summed E-state index contributed by atoms with van der Waals surface area (Å²) in [4.78, 5) is 22.0. The van der Waals surface area contributed by atoms with Gasteiger partial charge in [0, 0.05) is 6.42 Å². The second-order valence-electron chi connectivity index (χ2n) is 2.84. The van der Waals surface area contributed by atoms with Crippen molar-refractivity contribution in [2.45, 2.75) is 13.3 Å². The number of Topliss-reactive ketones (excluding diaryl/α,β-unsaturated/α-hetero) is 1. The molecule has 0 aliphatic carbocycles. The van der Waals surface area contributed by atoms with Gasteiger partial charge in [-0.1, -0.05) is 6.92 Å². The Kier molecular flexibility index (Phi) is 3.85. The van der Waals surface area contributed by atoms with Crippen molar-refractivity contribution < 1.29 is 19.1 Å². The highest BCUT2D eigenvalue weighted by Gasteiger charge is 2.13. The van der Waals surface area contributed by atoms with Crippen molar-refractivity contribution in [3.8, 4) is 11.5 Å². The highest BCUT2D eigenvalue weighted by atomic mass is 16.5. The first-order valence-corrected chi connectivity index (χ1v) is 4.56. The fourth-order valence-electron chi connectivity index (χ4n) is 0.952. The lowest BCUT2D eigenvalue weighted by Crippen LogP contribution is -2.19. The minimum Gasteiger partial charge on any atom is -0.497 e. The van der Waals surface area contributed by atoms with Gasteiger partial charge >= 0.3 is 5.97 Å². The molecule has 0 aliphatic heterocycles. The predicted octanol–water partition coefficient (Wildman–Crippen LogP) is 1.58. The molecular weight excluding hydrogens is 196 g/mol. The third-order valence-electron chi connectivity index (χ3n) is 1.82. The van der Waals surface area contributed by atoms with E-state index in [1.807, 2.05) is 0 Å². The quantitative estimate of drug-likeness (QED) is 0.428. The van der Waals surface area contributed by atoms with Gasteiger partial charge in [-0.15, -0.1) is 0 Å². The first-order chi connectivity index (χ1) is 7.17. The lowest BCUT2D eigenvalue weighted by atomic mass is 10.3. The summed E-state index contributed by atoms with van der Waals surface area (Å²) >= 11 is 0. The topological polar surface area (TPSA) is 52.6 Å². The van der Waals surface area contributed by atoms with Gasteiger partial charge in [-0.2, -0.15) is 0 Å². The summed E-state index contributed by atoms with van der Waals surface area (Å²) in [6.07, 6.45) is 0.148. The largest absolute Gasteiger partial charge is 0.497 e. The van der Waals surface area contributed by atoms with Crippen LogP contribution < -0.4 is 9.47 Å². The number of benzene rings is 1. The summed E-state index contributed by atoms with van der Waals surface area (Å²) in [7, 11) is 1.54. The van der Waals surface area contributed by atoms with Crippen molar-refractivity contribution in [3.63, 3.8) is 0 Å². The first-order valence-electron chi connectivity index (χ1n) is 4.56. The molecule has 0 atom stereocenters. The number of carbonyl (C=O) groups excluding carboxylic acids is 2. The number of hydrogen-bond donors (Lipinski definition) is 0. The number of rotatable bonds is 4. The fraction of sp³-hybridized carbons (Fsp3) is 0.273. The van der Waals surface area contributed by atoms with E-state index in [9.17, 15) is 9.59 Å². The molecule has 4 nitrogen and oxygen atoms in total. The molecule has 0 radical (unpaired) electrons. The molecule has 0 saturated heterocycles. The summed E-state index contributed by atoms with van der Waals surface area (Å²) < 4.78 is 9.76. The molecule has 0 spiro atoms. The van der Waals surface area contributed by atoms with Gasteiger partial charge in [0.25, 0.3) is 0 Å². The fourth-order valence-corrected chi connectivity index (χ4v) is 0.952. The lowest BCUT2D eigenvalue weighted by molar-refractivity contribution is -0.146. The standard InChI is InChI=1S/C11H12O4/c1-3-10(12)11(13)15-9-6-4-8(14-2)5-7-9/h4-7H,3H2,1-2H3. The van der Waals surface area contributed by atoms with Crippen LogP contribution in [0.15, 0.2) is 24.3 Å². The van der Waals surface area contributed by atoms with Crippen LogP contribution >= 0.6 is 0 Å². The highest BCUT2D eigenvalue weighted by molar-refractivity contribution is 6.34. The van der Waals surface area contributed by atoms with Crippen LogP contribution in [0.3, 0.4) is 0 Å². The second kappa shape index (κ2) is 5.14. The van der Waals surface area contributed by atoms with Gasteiger partial charge in [0.15, 0.2) is 0 Å².